The Labute approximate surface area is 116 Å². The van der Waals surface area contributed by atoms with Gasteiger partial charge in [0.2, 0.25) is 0 Å². The van der Waals surface area contributed by atoms with E-state index in [4.69, 9.17) is 0 Å². The van der Waals surface area contributed by atoms with E-state index in [2.05, 4.69) is 56.0 Å². The van der Waals surface area contributed by atoms with E-state index in [0.717, 1.165) is 5.92 Å². The van der Waals surface area contributed by atoms with Crippen molar-refractivity contribution in [3.63, 3.8) is 0 Å². The second-order valence-corrected chi connectivity index (χ2v) is 6.83. The van der Waals surface area contributed by atoms with Gasteiger partial charge >= 0.3 is 0 Å². The van der Waals surface area contributed by atoms with E-state index in [1.165, 1.54) is 47.6 Å². The molecule has 1 aliphatic rings. The van der Waals surface area contributed by atoms with Crippen LogP contribution in [0.3, 0.4) is 0 Å². The molecule has 1 unspecified atom stereocenters. The van der Waals surface area contributed by atoms with Crippen molar-refractivity contribution in [2.45, 2.75) is 39.7 Å². The van der Waals surface area contributed by atoms with Gasteiger partial charge in [0.25, 0.3) is 0 Å². The van der Waals surface area contributed by atoms with Crippen LogP contribution < -0.4 is 5.32 Å². The number of thioether (sulfide) groups is 1. The van der Waals surface area contributed by atoms with Crippen molar-refractivity contribution in [3.8, 4) is 0 Å². The lowest BCUT2D eigenvalue weighted by Gasteiger charge is -2.24. The van der Waals surface area contributed by atoms with E-state index < -0.39 is 0 Å². The first-order chi connectivity index (χ1) is 8.65. The van der Waals surface area contributed by atoms with E-state index in [9.17, 15) is 0 Å². The molecule has 0 bridgehead atoms. The molecule has 0 aromatic heterocycles. The Kier molecular flexibility index (Phi) is 5.13. The summed E-state index contributed by atoms with van der Waals surface area (Å²) in [7, 11) is 0. The van der Waals surface area contributed by atoms with Crippen molar-refractivity contribution in [1.82, 2.24) is 5.32 Å². The van der Waals surface area contributed by atoms with Gasteiger partial charge in [-0.3, -0.25) is 0 Å². The summed E-state index contributed by atoms with van der Waals surface area (Å²) in [6.45, 7) is 7.82. The third-order valence-electron chi connectivity index (χ3n) is 3.80. The van der Waals surface area contributed by atoms with Gasteiger partial charge in [-0.2, -0.15) is 11.8 Å². The summed E-state index contributed by atoms with van der Waals surface area (Å²) in [4.78, 5) is 0. The van der Waals surface area contributed by atoms with Gasteiger partial charge in [0.05, 0.1) is 0 Å². The van der Waals surface area contributed by atoms with Crippen molar-refractivity contribution < 1.29 is 0 Å². The fraction of sp³-hybridized carbons (Fsp3) is 0.625. The minimum atomic E-state index is 0.471. The first kappa shape index (κ1) is 14.0. The Morgan fingerprint density at radius 2 is 1.78 bits per heavy atom. The average molecular weight is 263 g/mol. The highest BCUT2D eigenvalue weighted by atomic mass is 32.2. The van der Waals surface area contributed by atoms with Crippen LogP contribution in [0.4, 0.5) is 0 Å². The van der Waals surface area contributed by atoms with E-state index >= 15 is 0 Å². The van der Waals surface area contributed by atoms with Crippen LogP contribution >= 0.6 is 11.8 Å². The van der Waals surface area contributed by atoms with Crippen LogP contribution in [0.25, 0.3) is 0 Å². The lowest BCUT2D eigenvalue weighted by molar-refractivity contribution is 0.421. The molecule has 0 saturated carbocycles. The SMILES string of the molecule is Cc1cc(C)cc(C(C)NCC2CCSCC2)c1. The molecule has 1 N–H and O–H groups in total. The molecule has 0 spiro atoms. The molecule has 0 amide bonds. The van der Waals surface area contributed by atoms with Gasteiger partial charge in [-0.15, -0.1) is 0 Å². The number of benzene rings is 1. The second-order valence-electron chi connectivity index (χ2n) is 5.61. The van der Waals surface area contributed by atoms with Gasteiger partial charge in [0.15, 0.2) is 0 Å². The number of rotatable bonds is 4. The van der Waals surface area contributed by atoms with Gasteiger partial charge in [-0.1, -0.05) is 29.3 Å². The summed E-state index contributed by atoms with van der Waals surface area (Å²) < 4.78 is 0. The molecule has 100 valence electrons. The summed E-state index contributed by atoms with van der Waals surface area (Å²) in [5, 5.41) is 3.71. The molecule has 1 saturated heterocycles. The maximum absolute atomic E-state index is 3.71. The second kappa shape index (κ2) is 6.63. The zero-order valence-electron chi connectivity index (χ0n) is 11.8. The molecular formula is C16H25NS. The smallest absolute Gasteiger partial charge is 0.0292 e. The lowest BCUT2D eigenvalue weighted by Crippen LogP contribution is -2.28. The molecule has 2 heteroatoms. The monoisotopic (exact) mass is 263 g/mol. The fourth-order valence-corrected chi connectivity index (χ4v) is 3.88. The number of aryl methyl sites for hydroxylation is 2. The average Bonchev–Trinajstić information content (AvgIpc) is 2.36. The highest BCUT2D eigenvalue weighted by molar-refractivity contribution is 7.99. The number of hydrogen-bond donors (Lipinski definition) is 1. The third kappa shape index (κ3) is 4.03. The Hall–Kier alpha value is -0.470. The predicted molar refractivity (Wildman–Crippen MR) is 82.4 cm³/mol. The summed E-state index contributed by atoms with van der Waals surface area (Å²) in [5.74, 6) is 3.59. The fourth-order valence-electron chi connectivity index (χ4n) is 2.67. The Balaban J connectivity index is 1.88. The van der Waals surface area contributed by atoms with Crippen LogP contribution in [0, 0.1) is 19.8 Å². The van der Waals surface area contributed by atoms with Gasteiger partial charge < -0.3 is 5.32 Å². The summed E-state index contributed by atoms with van der Waals surface area (Å²) >= 11 is 2.11. The van der Waals surface area contributed by atoms with E-state index in [1.54, 1.807) is 0 Å². The van der Waals surface area contributed by atoms with Crippen LogP contribution in [-0.2, 0) is 0 Å². The molecule has 1 atom stereocenters. The van der Waals surface area contributed by atoms with Crippen LogP contribution in [0.5, 0.6) is 0 Å². The number of hydrogen-bond acceptors (Lipinski definition) is 2. The molecular weight excluding hydrogens is 238 g/mol. The zero-order valence-corrected chi connectivity index (χ0v) is 12.6. The molecule has 1 aliphatic heterocycles. The van der Waals surface area contributed by atoms with Gasteiger partial charge in [0.1, 0.15) is 0 Å². The minimum absolute atomic E-state index is 0.471. The van der Waals surface area contributed by atoms with Gasteiger partial charge in [0, 0.05) is 6.04 Å². The van der Waals surface area contributed by atoms with E-state index in [0.29, 0.717) is 6.04 Å². The first-order valence-corrected chi connectivity index (χ1v) is 8.20. The predicted octanol–water partition coefficient (Wildman–Crippen LogP) is 4.10. The van der Waals surface area contributed by atoms with Crippen molar-refractivity contribution in [2.24, 2.45) is 5.92 Å². The largest absolute Gasteiger partial charge is 0.310 e. The summed E-state index contributed by atoms with van der Waals surface area (Å²) in [6.07, 6.45) is 2.77. The molecule has 18 heavy (non-hydrogen) atoms. The summed E-state index contributed by atoms with van der Waals surface area (Å²) in [5.41, 5.74) is 4.16. The van der Waals surface area contributed by atoms with Crippen LogP contribution in [0.1, 0.15) is 42.5 Å². The van der Waals surface area contributed by atoms with Gasteiger partial charge in [-0.25, -0.2) is 0 Å². The first-order valence-electron chi connectivity index (χ1n) is 7.04. The van der Waals surface area contributed by atoms with Crippen molar-refractivity contribution in [1.29, 1.82) is 0 Å². The maximum atomic E-state index is 3.71. The van der Waals surface area contributed by atoms with Crippen LogP contribution in [0.2, 0.25) is 0 Å². The highest BCUT2D eigenvalue weighted by Crippen LogP contribution is 2.23. The van der Waals surface area contributed by atoms with Gasteiger partial charge in [-0.05, 0) is 63.1 Å². The topological polar surface area (TPSA) is 12.0 Å². The minimum Gasteiger partial charge on any atom is -0.310 e. The van der Waals surface area contributed by atoms with Crippen LogP contribution in [0.15, 0.2) is 18.2 Å². The highest BCUT2D eigenvalue weighted by Gasteiger charge is 2.15. The standard InChI is InChI=1S/C16H25NS/c1-12-8-13(2)10-16(9-12)14(3)17-11-15-4-6-18-7-5-15/h8-10,14-15,17H,4-7,11H2,1-3H3. The van der Waals surface area contributed by atoms with Crippen molar-refractivity contribution >= 4 is 11.8 Å². The van der Waals surface area contributed by atoms with Crippen molar-refractivity contribution in [2.75, 3.05) is 18.1 Å². The van der Waals surface area contributed by atoms with E-state index in [-0.39, 0.29) is 0 Å². The quantitative estimate of drug-likeness (QED) is 0.878. The maximum Gasteiger partial charge on any atom is 0.0292 e. The molecule has 1 fully saturated rings. The third-order valence-corrected chi connectivity index (χ3v) is 4.85. The molecule has 1 aromatic rings. The Bertz CT molecular complexity index is 362. The molecule has 1 nitrogen and oxygen atoms in total. The Morgan fingerprint density at radius 1 is 1.17 bits per heavy atom. The molecule has 2 rings (SSSR count). The molecule has 0 radical (unpaired) electrons. The summed E-state index contributed by atoms with van der Waals surface area (Å²) in [6, 6.07) is 7.33. The zero-order chi connectivity index (χ0) is 13.0. The normalized spacial score (nSPS) is 18.8. The molecule has 1 heterocycles. The van der Waals surface area contributed by atoms with Crippen molar-refractivity contribution in [3.05, 3.63) is 34.9 Å². The molecule has 1 aromatic carbocycles. The molecule has 0 aliphatic carbocycles. The Morgan fingerprint density at radius 3 is 2.39 bits per heavy atom. The van der Waals surface area contributed by atoms with Crippen LogP contribution in [-0.4, -0.2) is 18.1 Å². The number of nitrogens with one attached hydrogen (secondary N) is 1. The lowest BCUT2D eigenvalue weighted by atomic mass is 10.00. The van der Waals surface area contributed by atoms with E-state index in [1.807, 2.05) is 0 Å².